The van der Waals surface area contributed by atoms with Crippen molar-refractivity contribution in [1.82, 2.24) is 15.0 Å². The molecule has 6 aromatic carbocycles. The Morgan fingerprint density at radius 2 is 0.911 bits per heavy atom. The van der Waals surface area contributed by atoms with Crippen LogP contribution in [0, 0.1) is 0 Å². The molecular weight excluding hydrogens is 575 g/mol. The largest absolute Gasteiger partial charge is 0.456 e. The Morgan fingerprint density at radius 3 is 1.60 bits per heavy atom. The average Bonchev–Trinajstić information content (AvgIpc) is 3.48. The van der Waals surface area contributed by atoms with Gasteiger partial charge in [0.1, 0.15) is 22.7 Å². The average molecular weight is 598 g/mol. The summed E-state index contributed by atoms with van der Waals surface area (Å²) < 4.78 is 12.6. The van der Waals surface area contributed by atoms with Gasteiger partial charge < -0.3 is 9.15 Å². The number of rotatable bonds is 4. The first-order chi connectivity index (χ1) is 22.2. The van der Waals surface area contributed by atoms with Crippen molar-refractivity contribution in [2.45, 2.75) is 9.79 Å². The van der Waals surface area contributed by atoms with Crippen molar-refractivity contribution in [2.24, 2.45) is 0 Å². The van der Waals surface area contributed by atoms with Crippen LogP contribution in [-0.2, 0) is 0 Å². The highest BCUT2D eigenvalue weighted by molar-refractivity contribution is 7.99. The summed E-state index contributed by atoms with van der Waals surface area (Å²) in [6.07, 6.45) is 0. The Balaban J connectivity index is 1.11. The van der Waals surface area contributed by atoms with E-state index in [1.807, 2.05) is 91.0 Å². The van der Waals surface area contributed by atoms with Crippen LogP contribution in [0.15, 0.2) is 154 Å². The molecular formula is C39H23N3O2S. The minimum atomic E-state index is 0.598. The molecule has 212 valence electrons. The van der Waals surface area contributed by atoms with Crippen molar-refractivity contribution in [3.63, 3.8) is 0 Å². The lowest BCUT2D eigenvalue weighted by atomic mass is 10.0. The number of benzene rings is 6. The molecule has 5 nitrogen and oxygen atoms in total. The van der Waals surface area contributed by atoms with E-state index in [1.165, 1.54) is 0 Å². The van der Waals surface area contributed by atoms with Crippen LogP contribution >= 0.6 is 11.8 Å². The van der Waals surface area contributed by atoms with E-state index in [0.717, 1.165) is 71.0 Å². The fourth-order valence-electron chi connectivity index (χ4n) is 5.74. The fraction of sp³-hybridized carbons (Fsp3) is 0. The number of hydrogen-bond acceptors (Lipinski definition) is 6. The summed E-state index contributed by atoms with van der Waals surface area (Å²) in [5.41, 5.74) is 6.55. The number of hydrogen-bond donors (Lipinski definition) is 0. The molecule has 0 atom stereocenters. The highest BCUT2D eigenvalue weighted by atomic mass is 32.2. The molecule has 0 saturated heterocycles. The van der Waals surface area contributed by atoms with Crippen LogP contribution in [0.5, 0.6) is 11.5 Å². The highest BCUT2D eigenvalue weighted by Gasteiger charge is 2.19. The van der Waals surface area contributed by atoms with Gasteiger partial charge in [0.2, 0.25) is 0 Å². The van der Waals surface area contributed by atoms with E-state index in [9.17, 15) is 0 Å². The van der Waals surface area contributed by atoms with E-state index in [-0.39, 0.29) is 0 Å². The highest BCUT2D eigenvalue weighted by Crippen LogP contribution is 2.48. The molecule has 9 rings (SSSR count). The molecule has 3 heterocycles. The lowest BCUT2D eigenvalue weighted by Crippen LogP contribution is -2.00. The Morgan fingerprint density at radius 1 is 0.400 bits per heavy atom. The van der Waals surface area contributed by atoms with Gasteiger partial charge in [-0.2, -0.15) is 0 Å². The molecule has 45 heavy (non-hydrogen) atoms. The molecule has 0 N–H and O–H groups in total. The zero-order valence-electron chi connectivity index (χ0n) is 23.8. The maximum absolute atomic E-state index is 6.46. The summed E-state index contributed by atoms with van der Waals surface area (Å²) in [6.45, 7) is 0. The third-order valence-electron chi connectivity index (χ3n) is 8.00. The number of furan rings is 1. The summed E-state index contributed by atoms with van der Waals surface area (Å²) >= 11 is 1.73. The third-order valence-corrected chi connectivity index (χ3v) is 9.09. The van der Waals surface area contributed by atoms with Crippen molar-refractivity contribution < 1.29 is 9.15 Å². The lowest BCUT2D eigenvalue weighted by Gasteiger charge is -2.20. The van der Waals surface area contributed by atoms with E-state index in [4.69, 9.17) is 24.1 Å². The van der Waals surface area contributed by atoms with Crippen molar-refractivity contribution in [1.29, 1.82) is 0 Å². The lowest BCUT2D eigenvalue weighted by molar-refractivity contribution is 0.454. The number of nitrogens with zero attached hydrogens (tertiary/aromatic N) is 3. The van der Waals surface area contributed by atoms with Crippen molar-refractivity contribution in [2.75, 3.05) is 0 Å². The molecule has 8 aromatic rings. The SMILES string of the molecule is c1ccc(-c2nc(-c3ccccc3)nc(-c3ccc4c(c3)oc3cc(-c5ccc6c(c5)Sc5ccccc5O6)ccc34)n2)cc1. The second kappa shape index (κ2) is 10.5. The molecule has 0 bridgehead atoms. The van der Waals surface area contributed by atoms with Crippen molar-refractivity contribution in [3.8, 4) is 56.8 Å². The zero-order valence-corrected chi connectivity index (χ0v) is 24.7. The Hall–Kier alpha value is -5.72. The van der Waals surface area contributed by atoms with E-state index in [2.05, 4.69) is 48.5 Å². The molecule has 0 amide bonds. The van der Waals surface area contributed by atoms with Crippen molar-refractivity contribution >= 4 is 33.7 Å². The van der Waals surface area contributed by atoms with Crippen LogP contribution in [0.4, 0.5) is 0 Å². The molecule has 1 aliphatic heterocycles. The molecule has 1 aliphatic rings. The molecule has 0 fully saturated rings. The van der Waals surface area contributed by atoms with Crippen LogP contribution in [0.25, 0.3) is 67.2 Å². The van der Waals surface area contributed by atoms with Gasteiger partial charge in [0.05, 0.1) is 9.79 Å². The van der Waals surface area contributed by atoms with Crippen LogP contribution in [0.1, 0.15) is 0 Å². The van der Waals surface area contributed by atoms with Gasteiger partial charge in [0.15, 0.2) is 17.5 Å². The van der Waals surface area contributed by atoms with Gasteiger partial charge in [0, 0.05) is 27.5 Å². The van der Waals surface area contributed by atoms with E-state index >= 15 is 0 Å². The summed E-state index contributed by atoms with van der Waals surface area (Å²) in [5.74, 6) is 3.64. The van der Waals surface area contributed by atoms with Gasteiger partial charge in [-0.05, 0) is 59.7 Å². The quantitative estimate of drug-likeness (QED) is 0.201. The molecule has 0 aliphatic carbocycles. The molecule has 6 heteroatoms. The van der Waals surface area contributed by atoms with Crippen LogP contribution in [0.2, 0.25) is 0 Å². The van der Waals surface area contributed by atoms with Gasteiger partial charge in [0.25, 0.3) is 0 Å². The summed E-state index contributed by atoms with van der Waals surface area (Å²) in [4.78, 5) is 16.8. The van der Waals surface area contributed by atoms with Crippen LogP contribution in [0.3, 0.4) is 0 Å². The van der Waals surface area contributed by atoms with Crippen LogP contribution in [-0.4, -0.2) is 15.0 Å². The van der Waals surface area contributed by atoms with Crippen molar-refractivity contribution in [3.05, 3.63) is 140 Å². The molecule has 2 aromatic heterocycles. The molecule has 0 unspecified atom stereocenters. The molecule has 0 spiro atoms. The Bertz CT molecular complexity index is 2330. The summed E-state index contributed by atoms with van der Waals surface area (Å²) in [6, 6.07) is 47.1. The second-order valence-corrected chi connectivity index (χ2v) is 12.0. The van der Waals surface area contributed by atoms with Gasteiger partial charge in [-0.1, -0.05) is 103 Å². The van der Waals surface area contributed by atoms with Gasteiger partial charge in [-0.3, -0.25) is 0 Å². The number of aromatic nitrogens is 3. The number of ether oxygens (including phenoxy) is 1. The first-order valence-electron chi connectivity index (χ1n) is 14.7. The maximum Gasteiger partial charge on any atom is 0.164 e. The normalized spacial score (nSPS) is 12.1. The number of fused-ring (bicyclic) bond motifs is 5. The molecule has 0 saturated carbocycles. The zero-order chi connectivity index (χ0) is 29.7. The first-order valence-corrected chi connectivity index (χ1v) is 15.5. The maximum atomic E-state index is 6.46. The summed E-state index contributed by atoms with van der Waals surface area (Å²) in [7, 11) is 0. The predicted molar refractivity (Wildman–Crippen MR) is 179 cm³/mol. The topological polar surface area (TPSA) is 61.0 Å². The minimum absolute atomic E-state index is 0.598. The van der Waals surface area contributed by atoms with E-state index in [1.54, 1.807) is 11.8 Å². The second-order valence-electron chi connectivity index (χ2n) is 10.9. The number of para-hydroxylation sites is 1. The third kappa shape index (κ3) is 4.63. The van der Waals surface area contributed by atoms with Crippen LogP contribution < -0.4 is 4.74 Å². The summed E-state index contributed by atoms with van der Waals surface area (Å²) in [5, 5.41) is 2.11. The smallest absolute Gasteiger partial charge is 0.164 e. The standard InChI is InChI=1S/C39H23N3O2S/c1-3-9-24(10-4-1)37-40-38(25-11-5-2-6-12-25)42-39(41-37)28-16-19-30-29-18-15-26(21-33(29)44-34(30)22-28)27-17-20-32-36(23-27)45-35-14-8-7-13-31(35)43-32/h1-23H. The first kappa shape index (κ1) is 25.7. The minimum Gasteiger partial charge on any atom is -0.456 e. The van der Waals surface area contributed by atoms with Gasteiger partial charge in [-0.25, -0.2) is 15.0 Å². The van der Waals surface area contributed by atoms with Gasteiger partial charge in [-0.15, -0.1) is 0 Å². The fourth-order valence-corrected chi connectivity index (χ4v) is 6.73. The Kier molecular flexibility index (Phi) is 5.99. The molecule has 0 radical (unpaired) electrons. The predicted octanol–water partition coefficient (Wildman–Crippen LogP) is 10.7. The van der Waals surface area contributed by atoms with Gasteiger partial charge >= 0.3 is 0 Å². The van der Waals surface area contributed by atoms with E-state index < -0.39 is 0 Å². The Labute approximate surface area is 263 Å². The van der Waals surface area contributed by atoms with E-state index in [0.29, 0.717) is 17.5 Å². The monoisotopic (exact) mass is 597 g/mol.